The van der Waals surface area contributed by atoms with Crippen molar-refractivity contribution >= 4 is 40.6 Å². The highest BCUT2D eigenvalue weighted by molar-refractivity contribution is 6.31. The highest BCUT2D eigenvalue weighted by Gasteiger charge is 2.20. The molecule has 2 aromatic heterocycles. The molecule has 0 radical (unpaired) electrons. The Morgan fingerprint density at radius 3 is 2.70 bits per heavy atom. The van der Waals surface area contributed by atoms with Crippen LogP contribution in [0.3, 0.4) is 0 Å². The molecular weight excluding hydrogens is 307 g/mol. The van der Waals surface area contributed by atoms with Gasteiger partial charge >= 0.3 is 5.69 Å². The number of hydrogen-bond acceptors (Lipinski definition) is 4. The van der Waals surface area contributed by atoms with E-state index in [0.29, 0.717) is 5.02 Å². The molecule has 20 heavy (non-hydrogen) atoms. The number of carbonyl (C=O) groups is 1. The molecule has 0 aromatic carbocycles. The van der Waals surface area contributed by atoms with Crippen LogP contribution < -0.4 is 5.32 Å². The molecule has 1 N–H and O–H groups in total. The van der Waals surface area contributed by atoms with Crippen molar-refractivity contribution < 1.29 is 9.72 Å². The van der Waals surface area contributed by atoms with E-state index in [1.54, 1.807) is 7.05 Å². The summed E-state index contributed by atoms with van der Waals surface area (Å²) in [7, 11) is 1.63. The lowest BCUT2D eigenvalue weighted by molar-refractivity contribution is -0.384. The number of carbonyl (C=O) groups excluding carboxylic acids is 1. The fourth-order valence-electron chi connectivity index (χ4n) is 1.59. The van der Waals surface area contributed by atoms with Gasteiger partial charge < -0.3 is 4.57 Å². The van der Waals surface area contributed by atoms with E-state index in [2.05, 4.69) is 10.3 Å². The van der Waals surface area contributed by atoms with Gasteiger partial charge in [0.2, 0.25) is 5.82 Å². The molecule has 0 spiro atoms. The lowest BCUT2D eigenvalue weighted by Crippen LogP contribution is -2.17. The summed E-state index contributed by atoms with van der Waals surface area (Å²) in [6.07, 6.45) is 1.54. The average Bonchev–Trinajstić information content (AvgIpc) is 2.68. The number of aryl methyl sites for hydroxylation is 1. The van der Waals surface area contributed by atoms with Crippen molar-refractivity contribution in [1.82, 2.24) is 9.55 Å². The number of aromatic nitrogens is 2. The molecule has 0 bridgehead atoms. The van der Waals surface area contributed by atoms with Crippen LogP contribution in [0.4, 0.5) is 11.5 Å². The lowest BCUT2D eigenvalue weighted by Gasteiger charge is -2.06. The number of halogens is 2. The van der Waals surface area contributed by atoms with Gasteiger partial charge in [0.25, 0.3) is 5.91 Å². The summed E-state index contributed by atoms with van der Waals surface area (Å²) in [6.45, 7) is 0. The second-order valence-electron chi connectivity index (χ2n) is 3.87. The summed E-state index contributed by atoms with van der Waals surface area (Å²) in [5, 5.41) is 13.6. The highest BCUT2D eigenvalue weighted by atomic mass is 35.5. The first-order chi connectivity index (χ1) is 9.38. The zero-order valence-electron chi connectivity index (χ0n) is 10.1. The molecule has 0 atom stereocenters. The number of nitrogens with one attached hydrogen (secondary N) is 1. The Bertz CT molecular complexity index is 699. The van der Waals surface area contributed by atoms with E-state index in [9.17, 15) is 14.9 Å². The molecule has 0 aliphatic carbocycles. The number of rotatable bonds is 3. The van der Waals surface area contributed by atoms with Gasteiger partial charge in [-0.25, -0.2) is 4.98 Å². The number of amides is 1. The van der Waals surface area contributed by atoms with Gasteiger partial charge in [-0.1, -0.05) is 23.2 Å². The van der Waals surface area contributed by atoms with Gasteiger partial charge in [0.1, 0.15) is 10.8 Å². The van der Waals surface area contributed by atoms with E-state index in [0.717, 1.165) is 0 Å². The van der Waals surface area contributed by atoms with Crippen LogP contribution >= 0.6 is 23.2 Å². The zero-order chi connectivity index (χ0) is 14.9. The fourth-order valence-corrected chi connectivity index (χ4v) is 1.99. The van der Waals surface area contributed by atoms with Crippen LogP contribution in [0.1, 0.15) is 10.5 Å². The zero-order valence-corrected chi connectivity index (χ0v) is 11.6. The van der Waals surface area contributed by atoms with Crippen LogP contribution in [-0.4, -0.2) is 20.4 Å². The molecule has 9 heteroatoms. The number of hydrogen-bond donors (Lipinski definition) is 1. The summed E-state index contributed by atoms with van der Waals surface area (Å²) >= 11 is 11.4. The summed E-state index contributed by atoms with van der Waals surface area (Å²) in [5.41, 5.74) is -0.103. The quantitative estimate of drug-likeness (QED) is 0.536. The minimum absolute atomic E-state index is 0.0378. The van der Waals surface area contributed by atoms with E-state index in [-0.39, 0.29) is 22.4 Å². The smallest absolute Gasteiger partial charge is 0.311 e. The molecular formula is C11H8Cl2N4O3. The Morgan fingerprint density at radius 1 is 1.45 bits per heavy atom. The molecule has 7 nitrogen and oxygen atoms in total. The number of nitro groups is 1. The topological polar surface area (TPSA) is 90.1 Å². The van der Waals surface area contributed by atoms with Crippen molar-refractivity contribution in [3.05, 3.63) is 50.4 Å². The molecule has 0 unspecified atom stereocenters. The second-order valence-corrected chi connectivity index (χ2v) is 4.69. The second kappa shape index (κ2) is 5.48. The SMILES string of the molecule is Cn1cc(Cl)cc1C(=O)Nc1nc(Cl)ccc1[N+](=O)[O-]. The van der Waals surface area contributed by atoms with Crippen LogP contribution in [-0.2, 0) is 7.05 Å². The summed E-state index contributed by atoms with van der Waals surface area (Å²) in [4.78, 5) is 26.0. The molecule has 0 fully saturated rings. The first-order valence-electron chi connectivity index (χ1n) is 5.32. The van der Waals surface area contributed by atoms with E-state index in [4.69, 9.17) is 23.2 Å². The minimum Gasteiger partial charge on any atom is -0.345 e. The molecule has 2 aromatic rings. The third kappa shape index (κ3) is 2.89. The molecule has 0 saturated carbocycles. The molecule has 2 heterocycles. The van der Waals surface area contributed by atoms with Crippen LogP contribution in [0.15, 0.2) is 24.4 Å². The van der Waals surface area contributed by atoms with Gasteiger partial charge in [0.05, 0.1) is 9.95 Å². The first kappa shape index (κ1) is 14.3. The average molecular weight is 315 g/mol. The Kier molecular flexibility index (Phi) is 3.91. The standard InChI is InChI=1S/C11H8Cl2N4O3/c1-16-5-6(12)4-8(16)11(18)15-10-7(17(19)20)2-3-9(13)14-10/h2-5H,1H3,(H,14,15,18). The molecule has 0 saturated heterocycles. The summed E-state index contributed by atoms with van der Waals surface area (Å²) in [5.74, 6) is -0.790. The van der Waals surface area contributed by atoms with Gasteiger partial charge in [0.15, 0.2) is 0 Å². The largest absolute Gasteiger partial charge is 0.345 e. The van der Waals surface area contributed by atoms with E-state index in [1.807, 2.05) is 0 Å². The van der Waals surface area contributed by atoms with E-state index >= 15 is 0 Å². The van der Waals surface area contributed by atoms with Gasteiger partial charge in [-0.2, -0.15) is 0 Å². The number of anilines is 1. The third-order valence-corrected chi connectivity index (χ3v) is 2.89. The van der Waals surface area contributed by atoms with Crippen molar-refractivity contribution in [2.75, 3.05) is 5.32 Å². The van der Waals surface area contributed by atoms with Crippen molar-refractivity contribution in [3.63, 3.8) is 0 Å². The van der Waals surface area contributed by atoms with Crippen molar-refractivity contribution in [1.29, 1.82) is 0 Å². The van der Waals surface area contributed by atoms with Crippen LogP contribution in [0.5, 0.6) is 0 Å². The van der Waals surface area contributed by atoms with Crippen LogP contribution in [0.2, 0.25) is 10.2 Å². The lowest BCUT2D eigenvalue weighted by atomic mass is 10.3. The van der Waals surface area contributed by atoms with Crippen molar-refractivity contribution in [2.24, 2.45) is 7.05 Å². The summed E-state index contributed by atoms with van der Waals surface area (Å²) in [6, 6.07) is 3.88. The monoisotopic (exact) mass is 314 g/mol. The maximum absolute atomic E-state index is 12.0. The molecule has 1 amide bonds. The van der Waals surface area contributed by atoms with Crippen molar-refractivity contribution in [3.8, 4) is 0 Å². The molecule has 0 aliphatic heterocycles. The Morgan fingerprint density at radius 2 is 2.15 bits per heavy atom. The van der Waals surface area contributed by atoms with Crippen molar-refractivity contribution in [2.45, 2.75) is 0 Å². The molecule has 0 aliphatic rings. The van der Waals surface area contributed by atoms with Crippen LogP contribution in [0, 0.1) is 10.1 Å². The van der Waals surface area contributed by atoms with E-state index < -0.39 is 10.8 Å². The minimum atomic E-state index is -0.656. The van der Waals surface area contributed by atoms with E-state index in [1.165, 1.54) is 29.0 Å². The Labute approximate surface area is 123 Å². The van der Waals surface area contributed by atoms with Crippen LogP contribution in [0.25, 0.3) is 0 Å². The fraction of sp³-hybridized carbons (Fsp3) is 0.0909. The normalized spacial score (nSPS) is 10.3. The predicted molar refractivity (Wildman–Crippen MR) is 74.3 cm³/mol. The maximum Gasteiger partial charge on any atom is 0.311 e. The Balaban J connectivity index is 2.34. The predicted octanol–water partition coefficient (Wildman–Crippen LogP) is 2.89. The van der Waals surface area contributed by atoms with Gasteiger partial charge in [-0.05, 0) is 12.1 Å². The first-order valence-corrected chi connectivity index (χ1v) is 6.08. The summed E-state index contributed by atoms with van der Waals surface area (Å²) < 4.78 is 1.49. The van der Waals surface area contributed by atoms with Gasteiger partial charge in [-0.3, -0.25) is 20.2 Å². The number of pyridine rings is 1. The molecule has 2 rings (SSSR count). The highest BCUT2D eigenvalue weighted by Crippen LogP contribution is 2.24. The van der Waals surface area contributed by atoms with Gasteiger partial charge in [-0.15, -0.1) is 0 Å². The Hall–Kier alpha value is -2.12. The van der Waals surface area contributed by atoms with Gasteiger partial charge in [0, 0.05) is 19.3 Å². The maximum atomic E-state index is 12.0. The third-order valence-electron chi connectivity index (χ3n) is 2.47. The molecule has 104 valence electrons. The number of nitrogens with zero attached hydrogens (tertiary/aromatic N) is 3.